The molecule has 2 amide bonds. The minimum absolute atomic E-state index is 0.323. The molecule has 28 heavy (non-hydrogen) atoms. The van der Waals surface area contributed by atoms with Gasteiger partial charge >= 0.3 is 6.09 Å². The first kappa shape index (κ1) is 19.6. The standard InChI is InChI=1S/C22H19BrN2O3/c23-17-11-13-18(14-12-17)24-21(26)20(15-16-7-3-1-4-8-16)25-22(27)28-19-9-5-2-6-10-19/h1-14,20H,15H2,(H,24,26)(H,25,27)/t20-/m1/s1. The van der Waals surface area contributed by atoms with Crippen LogP contribution in [-0.2, 0) is 11.2 Å². The van der Waals surface area contributed by atoms with Crippen LogP contribution in [0.1, 0.15) is 5.56 Å². The second kappa shape index (κ2) is 9.71. The van der Waals surface area contributed by atoms with Gasteiger partial charge in [0.1, 0.15) is 11.8 Å². The summed E-state index contributed by atoms with van der Waals surface area (Å²) in [6.45, 7) is 0. The maximum absolute atomic E-state index is 12.8. The zero-order chi connectivity index (χ0) is 19.8. The van der Waals surface area contributed by atoms with Gasteiger partial charge in [-0.15, -0.1) is 0 Å². The smallest absolute Gasteiger partial charge is 0.410 e. The molecule has 0 saturated heterocycles. The lowest BCUT2D eigenvalue weighted by atomic mass is 10.1. The summed E-state index contributed by atoms with van der Waals surface area (Å²) in [5, 5.41) is 5.49. The fourth-order valence-electron chi connectivity index (χ4n) is 2.59. The number of anilines is 1. The van der Waals surface area contributed by atoms with Crippen molar-refractivity contribution in [1.82, 2.24) is 5.32 Å². The number of rotatable bonds is 6. The normalized spacial score (nSPS) is 11.3. The van der Waals surface area contributed by atoms with E-state index in [9.17, 15) is 9.59 Å². The van der Waals surface area contributed by atoms with Crippen LogP contribution >= 0.6 is 15.9 Å². The summed E-state index contributed by atoms with van der Waals surface area (Å²) in [4.78, 5) is 25.1. The SMILES string of the molecule is O=C(N[C@H](Cc1ccccc1)C(=O)Nc1ccc(Br)cc1)Oc1ccccc1. The number of carbonyl (C=O) groups is 2. The molecular weight excluding hydrogens is 420 g/mol. The van der Waals surface area contributed by atoms with Gasteiger partial charge in [0.25, 0.3) is 0 Å². The van der Waals surface area contributed by atoms with E-state index in [4.69, 9.17) is 4.74 Å². The Balaban J connectivity index is 1.71. The zero-order valence-corrected chi connectivity index (χ0v) is 16.6. The molecule has 0 saturated carbocycles. The molecule has 0 aromatic heterocycles. The van der Waals surface area contributed by atoms with Crippen molar-refractivity contribution in [1.29, 1.82) is 0 Å². The van der Waals surface area contributed by atoms with E-state index < -0.39 is 12.1 Å². The minimum atomic E-state index is -0.790. The van der Waals surface area contributed by atoms with Gasteiger partial charge in [-0.05, 0) is 42.0 Å². The van der Waals surface area contributed by atoms with Gasteiger partial charge in [0.2, 0.25) is 5.91 Å². The van der Waals surface area contributed by atoms with E-state index in [1.165, 1.54) is 0 Å². The topological polar surface area (TPSA) is 67.4 Å². The van der Waals surface area contributed by atoms with Gasteiger partial charge < -0.3 is 15.4 Å². The van der Waals surface area contributed by atoms with E-state index in [-0.39, 0.29) is 5.91 Å². The number of carbonyl (C=O) groups excluding carboxylic acids is 2. The highest BCUT2D eigenvalue weighted by Gasteiger charge is 2.22. The summed E-state index contributed by atoms with van der Waals surface area (Å²) in [5.41, 5.74) is 1.57. The number of benzene rings is 3. The summed E-state index contributed by atoms with van der Waals surface area (Å²) < 4.78 is 6.18. The van der Waals surface area contributed by atoms with Gasteiger partial charge in [-0.25, -0.2) is 4.79 Å². The summed E-state index contributed by atoms with van der Waals surface area (Å²) in [5.74, 6) is 0.0861. The molecule has 3 aromatic carbocycles. The Bertz CT molecular complexity index is 916. The van der Waals surface area contributed by atoms with Crippen LogP contribution in [0, 0.1) is 0 Å². The third kappa shape index (κ3) is 5.96. The number of hydrogen-bond acceptors (Lipinski definition) is 3. The van der Waals surface area contributed by atoms with Gasteiger partial charge in [0.05, 0.1) is 0 Å². The van der Waals surface area contributed by atoms with Crippen LogP contribution in [-0.4, -0.2) is 18.0 Å². The molecular formula is C22H19BrN2O3. The monoisotopic (exact) mass is 438 g/mol. The number of hydrogen-bond donors (Lipinski definition) is 2. The highest BCUT2D eigenvalue weighted by Crippen LogP contribution is 2.15. The van der Waals surface area contributed by atoms with Crippen molar-refractivity contribution in [2.75, 3.05) is 5.32 Å². The van der Waals surface area contributed by atoms with E-state index >= 15 is 0 Å². The predicted molar refractivity (Wildman–Crippen MR) is 112 cm³/mol. The highest BCUT2D eigenvalue weighted by atomic mass is 79.9. The molecule has 142 valence electrons. The van der Waals surface area contributed by atoms with Crippen molar-refractivity contribution in [2.24, 2.45) is 0 Å². The molecule has 3 aromatic rings. The Kier molecular flexibility index (Phi) is 6.81. The van der Waals surface area contributed by atoms with Crippen molar-refractivity contribution >= 4 is 33.6 Å². The Morgan fingerprint density at radius 2 is 1.46 bits per heavy atom. The molecule has 0 heterocycles. The molecule has 5 nitrogen and oxygen atoms in total. The quantitative estimate of drug-likeness (QED) is 0.581. The highest BCUT2D eigenvalue weighted by molar-refractivity contribution is 9.10. The largest absolute Gasteiger partial charge is 0.413 e. The van der Waals surface area contributed by atoms with Gasteiger partial charge in [0, 0.05) is 16.6 Å². The first-order valence-corrected chi connectivity index (χ1v) is 9.53. The lowest BCUT2D eigenvalue weighted by Gasteiger charge is -2.18. The Labute approximate surface area is 171 Å². The first-order chi connectivity index (χ1) is 13.6. The van der Waals surface area contributed by atoms with Gasteiger partial charge in [-0.3, -0.25) is 4.79 Å². The molecule has 0 aliphatic carbocycles. The summed E-state index contributed by atoms with van der Waals surface area (Å²) >= 11 is 3.36. The lowest BCUT2D eigenvalue weighted by molar-refractivity contribution is -0.118. The molecule has 0 unspecified atom stereocenters. The van der Waals surface area contributed by atoms with Gasteiger partial charge in [-0.1, -0.05) is 64.5 Å². The second-order valence-corrected chi connectivity index (χ2v) is 7.00. The first-order valence-electron chi connectivity index (χ1n) is 8.74. The molecule has 6 heteroatoms. The molecule has 0 fully saturated rings. The summed E-state index contributed by atoms with van der Waals surface area (Å²) in [7, 11) is 0. The molecule has 0 aliphatic rings. The van der Waals surface area contributed by atoms with E-state index in [1.54, 1.807) is 36.4 Å². The van der Waals surface area contributed by atoms with Gasteiger partial charge in [-0.2, -0.15) is 0 Å². The molecule has 0 radical (unpaired) electrons. The number of para-hydroxylation sites is 1. The van der Waals surface area contributed by atoms with E-state index in [0.29, 0.717) is 17.9 Å². The third-order valence-electron chi connectivity index (χ3n) is 3.96. The maximum atomic E-state index is 12.8. The fourth-order valence-corrected chi connectivity index (χ4v) is 2.85. The molecule has 0 bridgehead atoms. The van der Waals surface area contributed by atoms with Crippen molar-refractivity contribution < 1.29 is 14.3 Å². The molecule has 1 atom stereocenters. The van der Waals surface area contributed by atoms with E-state index in [2.05, 4.69) is 26.6 Å². The summed E-state index contributed by atoms with van der Waals surface area (Å²) in [6.07, 6.45) is -0.342. The summed E-state index contributed by atoms with van der Waals surface area (Å²) in [6, 6.07) is 24.6. The number of amides is 2. The van der Waals surface area contributed by atoms with E-state index in [0.717, 1.165) is 10.0 Å². The number of ether oxygens (including phenoxy) is 1. The molecule has 0 spiro atoms. The Morgan fingerprint density at radius 3 is 2.11 bits per heavy atom. The molecule has 0 aliphatic heterocycles. The number of nitrogens with one attached hydrogen (secondary N) is 2. The predicted octanol–water partition coefficient (Wildman–Crippen LogP) is 4.79. The third-order valence-corrected chi connectivity index (χ3v) is 4.49. The van der Waals surface area contributed by atoms with Crippen LogP contribution in [0.3, 0.4) is 0 Å². The Hall–Kier alpha value is -3.12. The molecule has 2 N–H and O–H groups in total. The van der Waals surface area contributed by atoms with Crippen LogP contribution in [0.4, 0.5) is 10.5 Å². The van der Waals surface area contributed by atoms with Crippen molar-refractivity contribution in [3.8, 4) is 5.75 Å². The maximum Gasteiger partial charge on any atom is 0.413 e. The minimum Gasteiger partial charge on any atom is -0.410 e. The average molecular weight is 439 g/mol. The zero-order valence-electron chi connectivity index (χ0n) is 15.0. The van der Waals surface area contributed by atoms with Crippen LogP contribution in [0.5, 0.6) is 5.75 Å². The Morgan fingerprint density at radius 1 is 0.857 bits per heavy atom. The second-order valence-electron chi connectivity index (χ2n) is 6.09. The van der Waals surface area contributed by atoms with Crippen molar-refractivity contribution in [3.63, 3.8) is 0 Å². The lowest BCUT2D eigenvalue weighted by Crippen LogP contribution is -2.46. The van der Waals surface area contributed by atoms with Crippen LogP contribution in [0.15, 0.2) is 89.4 Å². The van der Waals surface area contributed by atoms with Crippen LogP contribution < -0.4 is 15.4 Å². The van der Waals surface area contributed by atoms with Crippen LogP contribution in [0.2, 0.25) is 0 Å². The fraction of sp³-hybridized carbons (Fsp3) is 0.0909. The van der Waals surface area contributed by atoms with Crippen LogP contribution in [0.25, 0.3) is 0 Å². The van der Waals surface area contributed by atoms with Gasteiger partial charge in [0.15, 0.2) is 0 Å². The number of halogens is 1. The van der Waals surface area contributed by atoms with Crippen molar-refractivity contribution in [2.45, 2.75) is 12.5 Å². The average Bonchev–Trinajstić information content (AvgIpc) is 2.71. The molecule has 3 rings (SSSR count). The van der Waals surface area contributed by atoms with Crippen molar-refractivity contribution in [3.05, 3.63) is 95.0 Å². The van der Waals surface area contributed by atoms with E-state index in [1.807, 2.05) is 48.5 Å².